The number of rotatable bonds is 8. The zero-order valence-electron chi connectivity index (χ0n) is 12.4. The first kappa shape index (κ1) is 15.3. The van der Waals surface area contributed by atoms with Crippen molar-refractivity contribution < 1.29 is 14.1 Å². The van der Waals surface area contributed by atoms with Gasteiger partial charge in [0.1, 0.15) is 25.5 Å². The van der Waals surface area contributed by atoms with Crippen LogP contribution in [0.15, 0.2) is 49.1 Å². The van der Waals surface area contributed by atoms with E-state index in [0.29, 0.717) is 26.1 Å². The van der Waals surface area contributed by atoms with Crippen molar-refractivity contribution in [2.45, 2.75) is 19.5 Å². The molecule has 0 aliphatic heterocycles. The number of aromatic nitrogens is 2. The maximum absolute atomic E-state index is 11.6. The third-order valence-electron chi connectivity index (χ3n) is 3.11. The lowest BCUT2D eigenvalue weighted by molar-refractivity contribution is -0.671. The van der Waals surface area contributed by atoms with Gasteiger partial charge in [0.15, 0.2) is 0 Å². The topological polar surface area (TPSA) is 47.1 Å². The van der Waals surface area contributed by atoms with Gasteiger partial charge in [-0.2, -0.15) is 0 Å². The second-order valence-electron chi connectivity index (χ2n) is 4.95. The van der Waals surface area contributed by atoms with Crippen molar-refractivity contribution >= 4 is 5.97 Å². The van der Waals surface area contributed by atoms with Crippen LogP contribution in [-0.2, 0) is 29.7 Å². The summed E-state index contributed by atoms with van der Waals surface area (Å²) in [5, 5.41) is 3.23. The van der Waals surface area contributed by atoms with E-state index in [1.807, 2.05) is 53.1 Å². The van der Waals surface area contributed by atoms with E-state index in [0.717, 1.165) is 6.54 Å². The van der Waals surface area contributed by atoms with E-state index in [2.05, 4.69) is 17.4 Å². The number of esters is 1. The lowest BCUT2D eigenvalue weighted by Crippen LogP contribution is -2.24. The average Bonchev–Trinajstić information content (AvgIpc) is 2.90. The minimum atomic E-state index is -0.160. The molecule has 5 nitrogen and oxygen atoms in total. The molecule has 5 heteroatoms. The summed E-state index contributed by atoms with van der Waals surface area (Å²) >= 11 is 0. The maximum atomic E-state index is 11.6. The second-order valence-corrected chi connectivity index (χ2v) is 4.95. The van der Waals surface area contributed by atoms with E-state index in [1.54, 1.807) is 0 Å². The van der Waals surface area contributed by atoms with Crippen LogP contribution >= 0.6 is 0 Å². The first-order chi connectivity index (χ1) is 10.2. The van der Waals surface area contributed by atoms with Crippen molar-refractivity contribution in [3.05, 3.63) is 54.6 Å². The number of hydrogen-bond donors (Lipinski definition) is 1. The Kier molecular flexibility index (Phi) is 5.97. The van der Waals surface area contributed by atoms with E-state index in [4.69, 9.17) is 4.74 Å². The van der Waals surface area contributed by atoms with Gasteiger partial charge in [-0.25, -0.2) is 9.13 Å². The summed E-state index contributed by atoms with van der Waals surface area (Å²) < 4.78 is 9.14. The van der Waals surface area contributed by atoms with E-state index in [-0.39, 0.29) is 5.97 Å². The highest BCUT2D eigenvalue weighted by molar-refractivity contribution is 5.69. The SMILES string of the molecule is C[n+]1ccn(CCOC(=O)CCNCc2ccccc2)c1. The molecule has 0 bridgehead atoms. The molecule has 0 atom stereocenters. The molecule has 0 spiro atoms. The van der Waals surface area contributed by atoms with Crippen LogP contribution in [0.3, 0.4) is 0 Å². The Balaban J connectivity index is 1.53. The summed E-state index contributed by atoms with van der Waals surface area (Å²) in [5.41, 5.74) is 1.21. The van der Waals surface area contributed by atoms with Crippen LogP contribution in [0.5, 0.6) is 0 Å². The molecule has 0 amide bonds. The van der Waals surface area contributed by atoms with Crippen molar-refractivity contribution in [1.82, 2.24) is 9.88 Å². The Morgan fingerprint density at radius 2 is 2.14 bits per heavy atom. The van der Waals surface area contributed by atoms with Crippen LogP contribution in [0.1, 0.15) is 12.0 Å². The predicted octanol–water partition coefficient (Wildman–Crippen LogP) is 1.04. The van der Waals surface area contributed by atoms with Crippen molar-refractivity contribution in [2.75, 3.05) is 13.2 Å². The first-order valence-electron chi connectivity index (χ1n) is 7.15. The number of carbonyl (C=O) groups is 1. The smallest absolute Gasteiger partial charge is 0.307 e. The van der Waals surface area contributed by atoms with Crippen LogP contribution in [0.2, 0.25) is 0 Å². The summed E-state index contributed by atoms with van der Waals surface area (Å²) in [7, 11) is 1.96. The molecule has 0 aliphatic rings. The summed E-state index contributed by atoms with van der Waals surface area (Å²) in [6.07, 6.45) is 6.26. The number of imidazole rings is 1. The summed E-state index contributed by atoms with van der Waals surface area (Å²) in [6.45, 7) is 2.50. The van der Waals surface area contributed by atoms with Crippen LogP contribution in [-0.4, -0.2) is 23.7 Å². The van der Waals surface area contributed by atoms with Crippen molar-refractivity contribution in [3.8, 4) is 0 Å². The largest absolute Gasteiger partial charge is 0.461 e. The van der Waals surface area contributed by atoms with E-state index in [1.165, 1.54) is 5.56 Å². The average molecular weight is 288 g/mol. The molecular formula is C16H22N3O2+. The van der Waals surface area contributed by atoms with E-state index in [9.17, 15) is 4.79 Å². The molecular weight excluding hydrogens is 266 g/mol. The molecule has 1 heterocycles. The molecule has 1 N–H and O–H groups in total. The normalized spacial score (nSPS) is 10.5. The minimum absolute atomic E-state index is 0.160. The predicted molar refractivity (Wildman–Crippen MR) is 79.3 cm³/mol. The second kappa shape index (κ2) is 8.21. The van der Waals surface area contributed by atoms with Crippen LogP contribution in [0.4, 0.5) is 0 Å². The van der Waals surface area contributed by atoms with Gasteiger partial charge in [0, 0.05) is 13.1 Å². The lowest BCUT2D eigenvalue weighted by Gasteiger charge is -2.05. The van der Waals surface area contributed by atoms with Gasteiger partial charge in [-0.15, -0.1) is 0 Å². The molecule has 112 valence electrons. The summed E-state index contributed by atoms with van der Waals surface area (Å²) in [5.74, 6) is -0.160. The lowest BCUT2D eigenvalue weighted by atomic mass is 10.2. The van der Waals surface area contributed by atoms with Gasteiger partial charge >= 0.3 is 5.97 Å². The number of hydrogen-bond acceptors (Lipinski definition) is 3. The number of nitrogens with zero attached hydrogens (tertiary/aromatic N) is 2. The zero-order valence-corrected chi connectivity index (χ0v) is 12.4. The van der Waals surface area contributed by atoms with Crippen LogP contribution in [0, 0.1) is 0 Å². The highest BCUT2D eigenvalue weighted by Gasteiger charge is 2.04. The quantitative estimate of drug-likeness (QED) is 0.448. The Labute approximate surface area is 125 Å². The molecule has 0 aliphatic carbocycles. The van der Waals surface area contributed by atoms with Gasteiger partial charge in [0.2, 0.25) is 6.33 Å². The van der Waals surface area contributed by atoms with Crippen LogP contribution < -0.4 is 9.88 Å². The number of benzene rings is 1. The fourth-order valence-electron chi connectivity index (χ4n) is 1.99. The van der Waals surface area contributed by atoms with Crippen LogP contribution in [0.25, 0.3) is 0 Å². The Hall–Kier alpha value is -2.14. The van der Waals surface area contributed by atoms with E-state index >= 15 is 0 Å². The molecule has 2 aromatic rings. The fraction of sp³-hybridized carbons (Fsp3) is 0.375. The molecule has 2 rings (SSSR count). The highest BCUT2D eigenvalue weighted by atomic mass is 16.5. The Morgan fingerprint density at radius 3 is 2.86 bits per heavy atom. The summed E-state index contributed by atoms with van der Waals surface area (Å²) in [4.78, 5) is 11.6. The molecule has 0 unspecified atom stereocenters. The molecule has 0 saturated heterocycles. The first-order valence-corrected chi connectivity index (χ1v) is 7.15. The molecule has 0 radical (unpaired) electrons. The number of nitrogens with one attached hydrogen (secondary N) is 1. The third kappa shape index (κ3) is 5.79. The molecule has 0 saturated carbocycles. The molecule has 0 fully saturated rings. The Bertz CT molecular complexity index is 552. The van der Waals surface area contributed by atoms with E-state index < -0.39 is 0 Å². The number of ether oxygens (including phenoxy) is 1. The Morgan fingerprint density at radius 1 is 1.33 bits per heavy atom. The maximum Gasteiger partial charge on any atom is 0.307 e. The molecule has 21 heavy (non-hydrogen) atoms. The summed E-state index contributed by atoms with van der Waals surface area (Å²) in [6, 6.07) is 10.1. The molecule has 1 aromatic heterocycles. The fourth-order valence-corrected chi connectivity index (χ4v) is 1.99. The third-order valence-corrected chi connectivity index (χ3v) is 3.11. The van der Waals surface area contributed by atoms with Gasteiger partial charge < -0.3 is 10.1 Å². The van der Waals surface area contributed by atoms with Gasteiger partial charge in [0.05, 0.1) is 13.5 Å². The number of aryl methyl sites for hydroxylation is 1. The van der Waals surface area contributed by atoms with Crippen molar-refractivity contribution in [3.63, 3.8) is 0 Å². The van der Waals surface area contributed by atoms with Crippen molar-refractivity contribution in [2.24, 2.45) is 7.05 Å². The highest BCUT2D eigenvalue weighted by Crippen LogP contribution is 1.97. The van der Waals surface area contributed by atoms with Gasteiger partial charge in [-0.1, -0.05) is 30.3 Å². The standard InChI is InChI=1S/C16H22N3O2/c1-18-9-10-19(14-18)11-12-21-16(20)7-8-17-13-15-5-3-2-4-6-15/h2-6,9-10,14,17H,7-8,11-13H2,1H3/q+1. The van der Waals surface area contributed by atoms with Crippen molar-refractivity contribution in [1.29, 1.82) is 0 Å². The minimum Gasteiger partial charge on any atom is -0.461 e. The number of carbonyl (C=O) groups excluding carboxylic acids is 1. The molecule has 1 aromatic carbocycles. The van der Waals surface area contributed by atoms with Gasteiger partial charge in [-0.05, 0) is 5.56 Å². The monoisotopic (exact) mass is 288 g/mol. The van der Waals surface area contributed by atoms with Gasteiger partial charge in [0.25, 0.3) is 0 Å². The van der Waals surface area contributed by atoms with Gasteiger partial charge in [-0.3, -0.25) is 4.79 Å². The zero-order chi connectivity index (χ0) is 14.9.